The standard InChI is InChI=1S/C41H42ClN5O7/c1-23-37(48)46-34(41(52)53)20-24-6-17-35-32(19-24)31-21-28(11-12-29(31)22-54-35)36(39(50)44-23)47(2)40(51)33(5-3-4-18-43)45-38(49)27-9-7-25(8-10-27)26-13-15-30(42)16-14-26/h6-17,19,21,23,33-34,36H,3-5,18,20,22,43H2,1-2H3,(H,44,50)(H,45,49)(H,46,48)(H,52,53)/t23-,33-,34-,36-/m0/s1. The number of nitrogens with one attached hydrogen (secondary N) is 3. The topological polar surface area (TPSA) is 180 Å². The van der Waals surface area contributed by atoms with E-state index in [1.165, 1.54) is 18.9 Å². The second-order valence-corrected chi connectivity index (χ2v) is 14.1. The van der Waals surface area contributed by atoms with Crippen molar-refractivity contribution in [3.05, 3.63) is 112 Å². The number of halogens is 1. The molecule has 6 rings (SSSR count). The molecule has 54 heavy (non-hydrogen) atoms. The summed E-state index contributed by atoms with van der Waals surface area (Å²) in [5, 5.41) is 18.7. The number of carbonyl (C=O) groups is 5. The van der Waals surface area contributed by atoms with E-state index in [2.05, 4.69) is 16.0 Å². The van der Waals surface area contributed by atoms with Gasteiger partial charge in [0.05, 0.1) is 0 Å². The van der Waals surface area contributed by atoms with Crippen LogP contribution >= 0.6 is 11.6 Å². The molecule has 0 unspecified atom stereocenters. The van der Waals surface area contributed by atoms with Crippen LogP contribution in [0.1, 0.15) is 59.3 Å². The van der Waals surface area contributed by atoms with Gasteiger partial charge in [-0.3, -0.25) is 19.2 Å². The molecule has 2 heterocycles. The van der Waals surface area contributed by atoms with Gasteiger partial charge in [-0.25, -0.2) is 4.79 Å². The van der Waals surface area contributed by atoms with Crippen molar-refractivity contribution >= 4 is 41.2 Å². The zero-order valence-electron chi connectivity index (χ0n) is 29.9. The summed E-state index contributed by atoms with van der Waals surface area (Å²) < 4.78 is 5.98. The van der Waals surface area contributed by atoms with Gasteiger partial charge in [0.25, 0.3) is 5.91 Å². The third kappa shape index (κ3) is 8.40. The molecular weight excluding hydrogens is 710 g/mol. The molecule has 0 aliphatic carbocycles. The van der Waals surface area contributed by atoms with E-state index >= 15 is 0 Å². The first-order valence-corrected chi connectivity index (χ1v) is 18.2. The first kappa shape index (κ1) is 38.0. The van der Waals surface area contributed by atoms with Gasteiger partial charge in [0.2, 0.25) is 17.7 Å². The van der Waals surface area contributed by atoms with Crippen molar-refractivity contribution in [2.24, 2.45) is 5.73 Å². The van der Waals surface area contributed by atoms with Gasteiger partial charge in [-0.2, -0.15) is 0 Å². The molecule has 4 aromatic carbocycles. The molecule has 0 radical (unpaired) electrons. The second kappa shape index (κ2) is 16.5. The second-order valence-electron chi connectivity index (χ2n) is 13.6. The Bertz CT molecular complexity index is 2070. The summed E-state index contributed by atoms with van der Waals surface area (Å²) in [6, 6.07) is 20.4. The number of nitrogens with zero attached hydrogens (tertiary/aromatic N) is 1. The van der Waals surface area contributed by atoms with Crippen molar-refractivity contribution in [1.29, 1.82) is 0 Å². The van der Waals surface area contributed by atoms with Crippen LogP contribution < -0.4 is 26.4 Å². The van der Waals surface area contributed by atoms with E-state index in [0.29, 0.717) is 52.4 Å². The molecule has 4 atom stereocenters. The van der Waals surface area contributed by atoms with Crippen LogP contribution in [-0.4, -0.2) is 71.3 Å². The van der Waals surface area contributed by atoms with Gasteiger partial charge in [-0.15, -0.1) is 0 Å². The molecule has 0 aromatic heterocycles. The summed E-state index contributed by atoms with van der Waals surface area (Å²) in [6.07, 6.45) is 1.42. The van der Waals surface area contributed by atoms with Crippen LogP contribution in [0, 0.1) is 0 Å². The van der Waals surface area contributed by atoms with Gasteiger partial charge >= 0.3 is 5.97 Å². The SMILES string of the molecule is C[C@@H]1NC(=O)[C@@H](N(C)C(=O)[C@H](CCCCN)NC(=O)c2ccc(-c3ccc(Cl)cc3)cc2)c2ccc3c(c2)-c2cc(ccc2OC3)C[C@@H](C(=O)O)NC1=O. The van der Waals surface area contributed by atoms with Crippen LogP contribution in [-0.2, 0) is 32.2 Å². The lowest BCUT2D eigenvalue weighted by Gasteiger charge is -2.33. The Morgan fingerprint density at radius 3 is 2.31 bits per heavy atom. The minimum Gasteiger partial charge on any atom is -0.488 e. The average Bonchev–Trinajstić information content (AvgIpc) is 3.16. The average molecular weight is 752 g/mol. The summed E-state index contributed by atoms with van der Waals surface area (Å²) in [4.78, 5) is 69.0. The molecule has 0 saturated heterocycles. The number of benzene rings is 4. The number of fused-ring (bicyclic) bond motifs is 2. The van der Waals surface area contributed by atoms with Crippen LogP contribution in [0.5, 0.6) is 5.75 Å². The number of ether oxygens (including phenoxy) is 1. The molecule has 4 amide bonds. The number of rotatable bonds is 10. The number of carboxylic acids is 1. The van der Waals surface area contributed by atoms with Crippen LogP contribution in [0.4, 0.5) is 0 Å². The van der Waals surface area contributed by atoms with Crippen molar-refractivity contribution in [1.82, 2.24) is 20.9 Å². The molecule has 0 saturated carbocycles. The molecule has 4 aromatic rings. The molecule has 4 bridgehead atoms. The fourth-order valence-electron chi connectivity index (χ4n) is 6.80. The molecule has 280 valence electrons. The number of hydrogen-bond donors (Lipinski definition) is 5. The van der Waals surface area contributed by atoms with E-state index in [4.69, 9.17) is 22.1 Å². The number of unbranched alkanes of at least 4 members (excludes halogenated alkanes) is 1. The molecular formula is C41H42ClN5O7. The number of likely N-dealkylation sites (N-methyl/N-ethyl adjacent to an activating group) is 1. The number of aliphatic carboxylic acids is 1. The molecule has 0 spiro atoms. The van der Waals surface area contributed by atoms with Gasteiger partial charge in [0.15, 0.2) is 0 Å². The smallest absolute Gasteiger partial charge is 0.326 e. The normalized spacial score (nSPS) is 18.3. The van der Waals surface area contributed by atoms with E-state index in [0.717, 1.165) is 22.3 Å². The van der Waals surface area contributed by atoms with E-state index < -0.39 is 53.8 Å². The van der Waals surface area contributed by atoms with E-state index in [-0.39, 0.29) is 19.4 Å². The number of nitrogens with two attached hydrogens (primary N) is 1. The van der Waals surface area contributed by atoms with Crippen LogP contribution in [0.25, 0.3) is 22.3 Å². The van der Waals surface area contributed by atoms with Crippen molar-refractivity contribution in [3.8, 4) is 28.0 Å². The number of hydrogen-bond acceptors (Lipinski definition) is 7. The van der Waals surface area contributed by atoms with Crippen LogP contribution in [0.2, 0.25) is 5.02 Å². The van der Waals surface area contributed by atoms with Gasteiger partial charge in [0.1, 0.15) is 36.5 Å². The minimum absolute atomic E-state index is 0.00761. The summed E-state index contributed by atoms with van der Waals surface area (Å²) in [5.74, 6) is -3.00. The first-order valence-electron chi connectivity index (χ1n) is 17.8. The number of carbonyl (C=O) groups excluding carboxylic acids is 4. The Labute approximate surface area is 318 Å². The Morgan fingerprint density at radius 2 is 1.63 bits per heavy atom. The molecule has 2 aliphatic rings. The van der Waals surface area contributed by atoms with E-state index in [1.807, 2.05) is 42.5 Å². The Hall–Kier alpha value is -5.72. The maximum Gasteiger partial charge on any atom is 0.326 e. The summed E-state index contributed by atoms with van der Waals surface area (Å²) in [6.45, 7) is 2.11. The lowest BCUT2D eigenvalue weighted by molar-refractivity contribution is -0.143. The monoisotopic (exact) mass is 751 g/mol. The Balaban J connectivity index is 1.33. The van der Waals surface area contributed by atoms with Crippen molar-refractivity contribution in [3.63, 3.8) is 0 Å². The molecule has 0 fully saturated rings. The predicted molar refractivity (Wildman–Crippen MR) is 204 cm³/mol. The van der Waals surface area contributed by atoms with Gasteiger partial charge in [-0.1, -0.05) is 54.1 Å². The zero-order chi connectivity index (χ0) is 38.5. The van der Waals surface area contributed by atoms with E-state index in [9.17, 15) is 29.1 Å². The lowest BCUT2D eigenvalue weighted by Crippen LogP contribution is -2.54. The predicted octanol–water partition coefficient (Wildman–Crippen LogP) is 4.62. The van der Waals surface area contributed by atoms with Crippen LogP contribution in [0.15, 0.2) is 84.9 Å². The number of carboxylic acid groups (broad SMARTS) is 1. The molecule has 13 heteroatoms. The largest absolute Gasteiger partial charge is 0.488 e. The highest BCUT2D eigenvalue weighted by molar-refractivity contribution is 6.30. The molecule has 12 nitrogen and oxygen atoms in total. The van der Waals surface area contributed by atoms with Gasteiger partial charge < -0.3 is 36.4 Å². The third-order valence-corrected chi connectivity index (χ3v) is 10.1. The lowest BCUT2D eigenvalue weighted by atomic mass is 9.90. The summed E-state index contributed by atoms with van der Waals surface area (Å²) in [7, 11) is 1.48. The molecule has 6 N–H and O–H groups in total. The van der Waals surface area contributed by atoms with Crippen molar-refractivity contribution in [2.75, 3.05) is 13.6 Å². The Kier molecular flexibility index (Phi) is 11.6. The quantitative estimate of drug-likeness (QED) is 0.146. The van der Waals surface area contributed by atoms with Crippen molar-refractivity contribution in [2.45, 2.75) is 63.4 Å². The van der Waals surface area contributed by atoms with Gasteiger partial charge in [0, 0.05) is 29.6 Å². The Morgan fingerprint density at radius 1 is 0.926 bits per heavy atom. The van der Waals surface area contributed by atoms with Crippen molar-refractivity contribution < 1.29 is 33.8 Å². The number of amides is 4. The third-order valence-electron chi connectivity index (χ3n) is 9.83. The van der Waals surface area contributed by atoms with Crippen LogP contribution in [0.3, 0.4) is 0 Å². The molecule has 2 aliphatic heterocycles. The minimum atomic E-state index is -1.26. The van der Waals surface area contributed by atoms with Gasteiger partial charge in [-0.05, 0) is 109 Å². The maximum atomic E-state index is 14.4. The fraction of sp³-hybridized carbons (Fsp3) is 0.293. The maximum absolute atomic E-state index is 14.4. The highest BCUT2D eigenvalue weighted by atomic mass is 35.5. The first-order chi connectivity index (χ1) is 25.9. The fourth-order valence-corrected chi connectivity index (χ4v) is 6.93. The highest BCUT2D eigenvalue weighted by Crippen LogP contribution is 2.40. The zero-order valence-corrected chi connectivity index (χ0v) is 30.7. The summed E-state index contributed by atoms with van der Waals surface area (Å²) >= 11 is 6.04. The summed E-state index contributed by atoms with van der Waals surface area (Å²) in [5.41, 5.74) is 11.4. The highest BCUT2D eigenvalue weighted by Gasteiger charge is 2.36. The van der Waals surface area contributed by atoms with E-state index in [1.54, 1.807) is 42.5 Å².